The number of hydrogen-bond acceptors (Lipinski definition) is 6. The lowest BCUT2D eigenvalue weighted by molar-refractivity contribution is 0.247. The molecule has 3 rings (SSSR count). The van der Waals surface area contributed by atoms with Gasteiger partial charge in [-0.15, -0.1) is 0 Å². The minimum atomic E-state index is 0.744. The summed E-state index contributed by atoms with van der Waals surface area (Å²) in [7, 11) is 0. The minimum Gasteiger partial charge on any atom is -0.344 e. The highest BCUT2D eigenvalue weighted by Crippen LogP contribution is 2.19. The topological polar surface area (TPSA) is 45.2 Å². The second-order valence-corrected chi connectivity index (χ2v) is 5.58. The number of aromatic nitrogens is 3. The van der Waals surface area contributed by atoms with Gasteiger partial charge in [0, 0.05) is 50.5 Å². The lowest BCUT2D eigenvalue weighted by Crippen LogP contribution is -2.46. The lowest BCUT2D eigenvalue weighted by atomic mass is 10.3. The summed E-state index contributed by atoms with van der Waals surface area (Å²) in [6.07, 6.45) is 3.40. The third kappa shape index (κ3) is 3.02. The Hall–Kier alpha value is -1.24. The van der Waals surface area contributed by atoms with Crippen LogP contribution >= 0.6 is 23.1 Å². The van der Waals surface area contributed by atoms with Crippen molar-refractivity contribution < 1.29 is 0 Å². The van der Waals surface area contributed by atoms with E-state index in [-0.39, 0.29) is 0 Å². The lowest BCUT2D eigenvalue weighted by Gasteiger charge is -2.34. The zero-order valence-corrected chi connectivity index (χ0v) is 11.9. The molecule has 0 saturated carbocycles. The molecule has 1 aliphatic rings. The maximum absolute atomic E-state index is 6.14. The summed E-state index contributed by atoms with van der Waals surface area (Å²) in [5.41, 5.74) is 0.952. The van der Waals surface area contributed by atoms with Crippen molar-refractivity contribution in [2.75, 3.05) is 31.1 Å². The third-order valence-corrected chi connectivity index (χ3v) is 4.27. The molecule has 19 heavy (non-hydrogen) atoms. The van der Waals surface area contributed by atoms with Crippen molar-refractivity contribution in [3.05, 3.63) is 35.4 Å². The van der Waals surface area contributed by atoms with Gasteiger partial charge in [0.15, 0.2) is 0 Å². The normalized spacial score (nSPS) is 16.8. The number of piperazine rings is 1. The Morgan fingerprint density at radius 2 is 2.05 bits per heavy atom. The van der Waals surface area contributed by atoms with Crippen molar-refractivity contribution in [3.63, 3.8) is 0 Å². The second-order valence-electron chi connectivity index (χ2n) is 4.42. The molecule has 2 aromatic heterocycles. The molecule has 0 amide bonds. The van der Waals surface area contributed by atoms with Crippen LogP contribution in [0, 0.1) is 0 Å². The van der Waals surface area contributed by atoms with Gasteiger partial charge in [0.1, 0.15) is 6.33 Å². The van der Waals surface area contributed by atoms with E-state index < -0.39 is 0 Å². The summed E-state index contributed by atoms with van der Waals surface area (Å²) >= 11 is 7.59. The van der Waals surface area contributed by atoms with Gasteiger partial charge in [-0.05, 0) is 12.1 Å². The Balaban J connectivity index is 1.57. The molecule has 0 bridgehead atoms. The fraction of sp³-hybridized carbons (Fsp3) is 0.417. The van der Waals surface area contributed by atoms with Crippen LogP contribution in [0.5, 0.6) is 0 Å². The van der Waals surface area contributed by atoms with Crippen molar-refractivity contribution in [1.29, 1.82) is 0 Å². The van der Waals surface area contributed by atoms with Gasteiger partial charge >= 0.3 is 0 Å². The van der Waals surface area contributed by atoms with Crippen LogP contribution in [0.2, 0.25) is 5.02 Å². The predicted octanol–water partition coefficient (Wildman–Crippen LogP) is 1.91. The van der Waals surface area contributed by atoms with Crippen molar-refractivity contribution in [1.82, 2.24) is 19.2 Å². The van der Waals surface area contributed by atoms with Crippen LogP contribution in [0.3, 0.4) is 0 Å². The maximum Gasteiger partial charge on any atom is 0.205 e. The molecular formula is C12H14ClN5S. The molecule has 7 heteroatoms. The van der Waals surface area contributed by atoms with Gasteiger partial charge in [0.05, 0.1) is 10.7 Å². The Morgan fingerprint density at radius 3 is 2.74 bits per heavy atom. The molecule has 1 aliphatic heterocycles. The number of anilines is 1. The summed E-state index contributed by atoms with van der Waals surface area (Å²) in [6.45, 7) is 4.74. The summed E-state index contributed by atoms with van der Waals surface area (Å²) in [6, 6.07) is 3.75. The average Bonchev–Trinajstić information content (AvgIpc) is 2.96. The van der Waals surface area contributed by atoms with Gasteiger partial charge in [0.25, 0.3) is 0 Å². The standard InChI is InChI=1S/C12H14ClN5S/c13-10-2-1-3-14-11(10)8-17-4-6-18(7-5-17)12-15-9-16-19-12/h1-3,9H,4-8H2. The fourth-order valence-electron chi connectivity index (χ4n) is 2.15. The number of nitrogens with zero attached hydrogens (tertiary/aromatic N) is 5. The number of halogens is 1. The van der Waals surface area contributed by atoms with Crippen LogP contribution in [-0.2, 0) is 6.54 Å². The van der Waals surface area contributed by atoms with Crippen molar-refractivity contribution in [2.45, 2.75) is 6.54 Å². The molecule has 0 N–H and O–H groups in total. The number of hydrogen-bond donors (Lipinski definition) is 0. The van der Waals surface area contributed by atoms with E-state index in [2.05, 4.69) is 24.1 Å². The van der Waals surface area contributed by atoms with Crippen LogP contribution in [0.15, 0.2) is 24.7 Å². The molecule has 100 valence electrons. The first-order valence-electron chi connectivity index (χ1n) is 6.16. The largest absolute Gasteiger partial charge is 0.344 e. The van der Waals surface area contributed by atoms with Gasteiger partial charge < -0.3 is 4.90 Å². The summed E-state index contributed by atoms with van der Waals surface area (Å²) < 4.78 is 4.04. The van der Waals surface area contributed by atoms with Gasteiger partial charge in [-0.2, -0.15) is 4.37 Å². The molecule has 0 spiro atoms. The first-order valence-corrected chi connectivity index (χ1v) is 7.31. The van der Waals surface area contributed by atoms with Crippen molar-refractivity contribution >= 4 is 28.3 Å². The fourth-order valence-corrected chi connectivity index (χ4v) is 2.91. The van der Waals surface area contributed by atoms with Crippen LogP contribution < -0.4 is 4.90 Å². The quantitative estimate of drug-likeness (QED) is 0.865. The highest BCUT2D eigenvalue weighted by atomic mass is 35.5. The number of pyridine rings is 1. The van der Waals surface area contributed by atoms with Gasteiger partial charge in [-0.25, -0.2) is 4.98 Å². The second kappa shape index (κ2) is 5.81. The van der Waals surface area contributed by atoms with Crippen molar-refractivity contribution in [2.24, 2.45) is 0 Å². The van der Waals surface area contributed by atoms with Crippen LogP contribution in [0.25, 0.3) is 0 Å². The molecule has 2 aromatic rings. The van der Waals surface area contributed by atoms with Crippen molar-refractivity contribution in [3.8, 4) is 0 Å². The molecule has 5 nitrogen and oxygen atoms in total. The van der Waals surface area contributed by atoms with Gasteiger partial charge in [-0.3, -0.25) is 9.88 Å². The Labute approximate surface area is 121 Å². The van der Waals surface area contributed by atoms with Crippen LogP contribution in [0.1, 0.15) is 5.69 Å². The summed E-state index contributed by atoms with van der Waals surface area (Å²) in [5, 5.41) is 1.75. The van der Waals surface area contributed by atoms with E-state index in [0.717, 1.165) is 48.6 Å². The smallest absolute Gasteiger partial charge is 0.205 e. The Kier molecular flexibility index (Phi) is 3.91. The monoisotopic (exact) mass is 295 g/mol. The highest BCUT2D eigenvalue weighted by Gasteiger charge is 2.19. The SMILES string of the molecule is Clc1cccnc1CN1CCN(c2ncns2)CC1. The predicted molar refractivity (Wildman–Crippen MR) is 76.6 cm³/mol. The van der Waals surface area contributed by atoms with Gasteiger partial charge in [-0.1, -0.05) is 11.6 Å². The maximum atomic E-state index is 6.14. The first kappa shape index (κ1) is 12.8. The summed E-state index contributed by atoms with van der Waals surface area (Å²) in [4.78, 5) is 13.2. The van der Waals surface area contributed by atoms with E-state index in [1.165, 1.54) is 11.5 Å². The molecule has 0 unspecified atom stereocenters. The van der Waals surface area contributed by atoms with E-state index in [1.54, 1.807) is 12.5 Å². The van der Waals surface area contributed by atoms with E-state index in [9.17, 15) is 0 Å². The van der Waals surface area contributed by atoms with Crippen LogP contribution in [-0.4, -0.2) is 45.4 Å². The minimum absolute atomic E-state index is 0.744. The Morgan fingerprint density at radius 1 is 1.21 bits per heavy atom. The zero-order chi connectivity index (χ0) is 13.1. The number of rotatable bonds is 3. The van der Waals surface area contributed by atoms with E-state index in [1.807, 2.05) is 12.1 Å². The first-order chi connectivity index (χ1) is 9.33. The van der Waals surface area contributed by atoms with E-state index >= 15 is 0 Å². The summed E-state index contributed by atoms with van der Waals surface area (Å²) in [5.74, 6) is 0. The molecule has 0 aromatic carbocycles. The molecular weight excluding hydrogens is 282 g/mol. The average molecular weight is 296 g/mol. The molecule has 3 heterocycles. The van der Waals surface area contributed by atoms with E-state index in [4.69, 9.17) is 11.6 Å². The molecule has 0 aliphatic carbocycles. The van der Waals surface area contributed by atoms with Crippen LogP contribution in [0.4, 0.5) is 5.13 Å². The molecule has 0 atom stereocenters. The molecule has 0 radical (unpaired) electrons. The van der Waals surface area contributed by atoms with E-state index in [0.29, 0.717) is 0 Å². The highest BCUT2D eigenvalue weighted by molar-refractivity contribution is 7.09. The molecule has 1 fully saturated rings. The Bertz CT molecular complexity index is 525. The molecule has 1 saturated heterocycles. The van der Waals surface area contributed by atoms with Gasteiger partial charge in [0.2, 0.25) is 5.13 Å². The zero-order valence-electron chi connectivity index (χ0n) is 10.4. The third-order valence-electron chi connectivity index (χ3n) is 3.20.